The van der Waals surface area contributed by atoms with Gasteiger partial charge in [-0.2, -0.15) is 0 Å². The summed E-state index contributed by atoms with van der Waals surface area (Å²) in [6.07, 6.45) is 1.99. The van der Waals surface area contributed by atoms with Crippen molar-refractivity contribution in [1.82, 2.24) is 15.1 Å². The predicted molar refractivity (Wildman–Crippen MR) is 117 cm³/mol. The van der Waals surface area contributed by atoms with Crippen LogP contribution >= 0.6 is 11.8 Å². The minimum Gasteiger partial charge on any atom is -0.349 e. The number of nitrogens with zero attached hydrogens (tertiary/aromatic N) is 2. The Morgan fingerprint density at radius 1 is 1.07 bits per heavy atom. The second-order valence-corrected chi connectivity index (χ2v) is 8.91. The molecule has 2 amide bonds. The summed E-state index contributed by atoms with van der Waals surface area (Å²) in [4.78, 5) is 29.2. The average molecular weight is 410 g/mol. The van der Waals surface area contributed by atoms with Crippen molar-refractivity contribution in [2.24, 2.45) is 0 Å². The van der Waals surface area contributed by atoms with E-state index in [0.29, 0.717) is 17.9 Å². The van der Waals surface area contributed by atoms with Gasteiger partial charge in [0.2, 0.25) is 5.91 Å². The monoisotopic (exact) mass is 409 g/mol. The van der Waals surface area contributed by atoms with Crippen LogP contribution in [0.2, 0.25) is 0 Å². The van der Waals surface area contributed by atoms with Crippen LogP contribution in [0.4, 0.5) is 0 Å². The van der Waals surface area contributed by atoms with Crippen molar-refractivity contribution in [3.05, 3.63) is 71.3 Å². The Balaban J connectivity index is 1.41. The lowest BCUT2D eigenvalue weighted by Gasteiger charge is -2.29. The summed E-state index contributed by atoms with van der Waals surface area (Å²) in [7, 11) is 2.11. The molecule has 2 aliphatic rings. The van der Waals surface area contributed by atoms with Crippen LogP contribution in [0.3, 0.4) is 0 Å². The van der Waals surface area contributed by atoms with Crippen molar-refractivity contribution < 1.29 is 9.59 Å². The third kappa shape index (κ3) is 4.82. The number of piperidine rings is 1. The van der Waals surface area contributed by atoms with Gasteiger partial charge in [-0.15, -0.1) is 11.8 Å². The Morgan fingerprint density at radius 3 is 2.45 bits per heavy atom. The van der Waals surface area contributed by atoms with Gasteiger partial charge in [-0.1, -0.05) is 42.5 Å². The van der Waals surface area contributed by atoms with Gasteiger partial charge in [0, 0.05) is 18.2 Å². The second kappa shape index (κ2) is 9.01. The van der Waals surface area contributed by atoms with Gasteiger partial charge in [-0.3, -0.25) is 9.59 Å². The summed E-state index contributed by atoms with van der Waals surface area (Å²) in [5, 5.41) is 3.15. The number of likely N-dealkylation sites (tertiary alicyclic amines) is 1. The second-order valence-electron chi connectivity index (χ2n) is 7.84. The first-order valence-electron chi connectivity index (χ1n) is 10.1. The van der Waals surface area contributed by atoms with E-state index in [1.165, 1.54) is 0 Å². The molecular formula is C23H27N3O2S. The summed E-state index contributed by atoms with van der Waals surface area (Å²) in [6.45, 7) is 2.65. The zero-order valence-corrected chi connectivity index (χ0v) is 17.5. The van der Waals surface area contributed by atoms with E-state index in [9.17, 15) is 9.59 Å². The Kier molecular flexibility index (Phi) is 6.21. The first-order chi connectivity index (χ1) is 14.1. The highest BCUT2D eigenvalue weighted by atomic mass is 32.2. The summed E-state index contributed by atoms with van der Waals surface area (Å²) in [5.41, 5.74) is 2.87. The Labute approximate surface area is 176 Å². The molecule has 1 unspecified atom stereocenters. The van der Waals surface area contributed by atoms with E-state index < -0.39 is 0 Å². The molecule has 152 valence electrons. The first-order valence-corrected chi connectivity index (χ1v) is 11.2. The van der Waals surface area contributed by atoms with Gasteiger partial charge in [-0.25, -0.2) is 0 Å². The maximum atomic E-state index is 12.6. The fourth-order valence-corrected chi connectivity index (χ4v) is 5.09. The van der Waals surface area contributed by atoms with Crippen LogP contribution in [0, 0.1) is 0 Å². The Hall–Kier alpha value is -2.31. The van der Waals surface area contributed by atoms with Crippen LogP contribution in [0.5, 0.6) is 0 Å². The van der Waals surface area contributed by atoms with Gasteiger partial charge in [-0.05, 0) is 56.2 Å². The highest BCUT2D eigenvalue weighted by Crippen LogP contribution is 2.39. The Morgan fingerprint density at radius 2 is 1.76 bits per heavy atom. The molecule has 1 atom stereocenters. The standard InChI is InChI=1S/C23H27N3O2S/c1-25-13-11-20(12-14-25)24-22(28)18-7-9-19(10-8-18)23-26(21(27)16-29-23)15-17-5-3-2-4-6-17/h2-10,20,23H,11-16H2,1H3,(H,24,28). The maximum Gasteiger partial charge on any atom is 0.251 e. The Bertz CT molecular complexity index is 848. The van der Waals surface area contributed by atoms with E-state index in [1.807, 2.05) is 59.5 Å². The van der Waals surface area contributed by atoms with E-state index in [0.717, 1.165) is 37.1 Å². The number of amides is 2. The van der Waals surface area contributed by atoms with Crippen molar-refractivity contribution >= 4 is 23.6 Å². The van der Waals surface area contributed by atoms with Gasteiger partial charge < -0.3 is 15.1 Å². The van der Waals surface area contributed by atoms with Crippen LogP contribution in [0.1, 0.15) is 39.7 Å². The number of carbonyl (C=O) groups is 2. The largest absolute Gasteiger partial charge is 0.349 e. The van der Waals surface area contributed by atoms with Crippen molar-refractivity contribution in [2.75, 3.05) is 25.9 Å². The summed E-state index contributed by atoms with van der Waals surface area (Å²) in [5.74, 6) is 0.644. The molecule has 2 aromatic carbocycles. The van der Waals surface area contributed by atoms with E-state index in [1.54, 1.807) is 11.8 Å². The number of hydrogen-bond acceptors (Lipinski definition) is 4. The molecule has 0 spiro atoms. The van der Waals surface area contributed by atoms with Gasteiger partial charge in [0.1, 0.15) is 5.37 Å². The van der Waals surface area contributed by atoms with Crippen LogP contribution in [-0.4, -0.2) is 53.5 Å². The fraction of sp³-hybridized carbons (Fsp3) is 0.391. The fourth-order valence-electron chi connectivity index (χ4n) is 3.90. The minimum absolute atomic E-state index is 0.00583. The molecule has 0 aliphatic carbocycles. The molecule has 2 aromatic rings. The number of carbonyl (C=O) groups excluding carboxylic acids is 2. The van der Waals surface area contributed by atoms with Gasteiger partial charge >= 0.3 is 0 Å². The quantitative estimate of drug-likeness (QED) is 0.823. The predicted octanol–water partition coefficient (Wildman–Crippen LogP) is 3.28. The third-order valence-corrected chi connectivity index (χ3v) is 6.93. The van der Waals surface area contributed by atoms with Crippen LogP contribution < -0.4 is 5.32 Å². The molecule has 0 saturated carbocycles. The highest BCUT2D eigenvalue weighted by molar-refractivity contribution is 8.00. The summed E-state index contributed by atoms with van der Waals surface area (Å²) < 4.78 is 0. The first kappa shape index (κ1) is 20.0. The lowest BCUT2D eigenvalue weighted by molar-refractivity contribution is -0.128. The summed E-state index contributed by atoms with van der Waals surface area (Å²) in [6, 6.07) is 18.0. The molecule has 0 radical (unpaired) electrons. The molecule has 2 aliphatic heterocycles. The minimum atomic E-state index is -0.0117. The van der Waals surface area contributed by atoms with Gasteiger partial charge in [0.15, 0.2) is 0 Å². The molecule has 1 N–H and O–H groups in total. The third-order valence-electron chi connectivity index (χ3n) is 5.68. The zero-order valence-electron chi connectivity index (χ0n) is 16.7. The smallest absolute Gasteiger partial charge is 0.251 e. The number of rotatable bonds is 5. The molecule has 6 heteroatoms. The summed E-state index contributed by atoms with van der Waals surface area (Å²) >= 11 is 1.65. The molecule has 0 bridgehead atoms. The van der Waals surface area contributed by atoms with Gasteiger partial charge in [0.05, 0.1) is 5.75 Å². The molecule has 5 nitrogen and oxygen atoms in total. The normalized spacial score (nSPS) is 20.8. The molecule has 4 rings (SSSR count). The molecule has 0 aromatic heterocycles. The molecular weight excluding hydrogens is 382 g/mol. The number of hydrogen-bond donors (Lipinski definition) is 1. The number of thioether (sulfide) groups is 1. The SMILES string of the molecule is CN1CCC(NC(=O)c2ccc(C3SCC(=O)N3Cc3ccccc3)cc2)CC1. The molecule has 2 fully saturated rings. The maximum absolute atomic E-state index is 12.6. The van der Waals surface area contributed by atoms with Crippen LogP contribution in [0.25, 0.3) is 0 Å². The topological polar surface area (TPSA) is 52.7 Å². The van der Waals surface area contributed by atoms with E-state index in [2.05, 4.69) is 17.3 Å². The van der Waals surface area contributed by atoms with Crippen LogP contribution in [0.15, 0.2) is 54.6 Å². The van der Waals surface area contributed by atoms with Crippen molar-refractivity contribution in [1.29, 1.82) is 0 Å². The lowest BCUT2D eigenvalue weighted by atomic mass is 10.0. The zero-order chi connectivity index (χ0) is 20.2. The molecule has 2 heterocycles. The lowest BCUT2D eigenvalue weighted by Crippen LogP contribution is -2.43. The number of nitrogens with one attached hydrogen (secondary N) is 1. The van der Waals surface area contributed by atoms with E-state index in [-0.39, 0.29) is 23.2 Å². The van der Waals surface area contributed by atoms with Crippen molar-refractivity contribution in [2.45, 2.75) is 30.8 Å². The van der Waals surface area contributed by atoms with Crippen molar-refractivity contribution in [3.63, 3.8) is 0 Å². The van der Waals surface area contributed by atoms with Crippen LogP contribution in [-0.2, 0) is 11.3 Å². The average Bonchev–Trinajstić information content (AvgIpc) is 3.11. The molecule has 2 saturated heterocycles. The van der Waals surface area contributed by atoms with Gasteiger partial charge in [0.25, 0.3) is 5.91 Å². The van der Waals surface area contributed by atoms with E-state index in [4.69, 9.17) is 0 Å². The van der Waals surface area contributed by atoms with E-state index >= 15 is 0 Å². The number of benzene rings is 2. The highest BCUT2D eigenvalue weighted by Gasteiger charge is 2.32. The van der Waals surface area contributed by atoms with Crippen molar-refractivity contribution in [3.8, 4) is 0 Å². The molecule has 29 heavy (non-hydrogen) atoms.